The standard InChI is InChI=1S/C17H20N4O2S/c1-20-12-4-2-3-11(15(20)22)8-21(9-12)16(23)10-5-6-14-13(7-10)19-17(18)24-14/h5-7,11-12H,2-4,8-9H2,1H3,(H2,18,19)/t11-,12+/m1/s1. The summed E-state index contributed by atoms with van der Waals surface area (Å²) in [5, 5.41) is 0.506. The fourth-order valence-corrected chi connectivity index (χ4v) is 4.50. The number of nitrogens with zero attached hydrogens (tertiary/aromatic N) is 3. The summed E-state index contributed by atoms with van der Waals surface area (Å²) >= 11 is 1.42. The first-order chi connectivity index (χ1) is 11.5. The number of amides is 2. The van der Waals surface area contributed by atoms with Gasteiger partial charge in [0.15, 0.2) is 5.13 Å². The van der Waals surface area contributed by atoms with Crippen molar-refractivity contribution in [1.29, 1.82) is 0 Å². The van der Waals surface area contributed by atoms with Gasteiger partial charge in [-0.15, -0.1) is 0 Å². The highest BCUT2D eigenvalue weighted by atomic mass is 32.1. The smallest absolute Gasteiger partial charge is 0.254 e. The SMILES string of the molecule is CN1C(=O)[C@@H]2CCC[C@H]1CN(C(=O)c1ccc3sc(N)nc3c1)C2. The van der Waals surface area contributed by atoms with E-state index in [1.165, 1.54) is 11.3 Å². The minimum atomic E-state index is -0.0786. The second-order valence-electron chi connectivity index (χ2n) is 6.68. The molecule has 2 aliphatic heterocycles. The number of thiazole rings is 1. The molecule has 2 aromatic rings. The lowest BCUT2D eigenvalue weighted by Crippen LogP contribution is -2.42. The van der Waals surface area contributed by atoms with Gasteiger partial charge in [0.1, 0.15) is 0 Å². The van der Waals surface area contributed by atoms with Crippen LogP contribution in [0.5, 0.6) is 0 Å². The van der Waals surface area contributed by atoms with E-state index in [1.54, 1.807) is 6.07 Å². The maximum Gasteiger partial charge on any atom is 0.254 e. The van der Waals surface area contributed by atoms with Crippen molar-refractivity contribution in [3.63, 3.8) is 0 Å². The summed E-state index contributed by atoms with van der Waals surface area (Å²) in [4.78, 5) is 33.4. The number of rotatable bonds is 1. The van der Waals surface area contributed by atoms with Crippen molar-refractivity contribution in [2.45, 2.75) is 25.3 Å². The summed E-state index contributed by atoms with van der Waals surface area (Å²) in [6.07, 6.45) is 2.88. The summed E-state index contributed by atoms with van der Waals surface area (Å²) in [6.45, 7) is 1.12. The first-order valence-corrected chi connectivity index (χ1v) is 9.06. The van der Waals surface area contributed by atoms with Crippen molar-refractivity contribution < 1.29 is 9.59 Å². The largest absolute Gasteiger partial charge is 0.375 e. The molecule has 2 atom stereocenters. The number of hydrogen-bond donors (Lipinski definition) is 1. The molecule has 1 aromatic heterocycles. The second-order valence-corrected chi connectivity index (χ2v) is 7.74. The molecule has 1 aromatic carbocycles. The Balaban J connectivity index is 1.64. The van der Waals surface area contributed by atoms with Crippen LogP contribution in [0.3, 0.4) is 0 Å². The molecule has 0 unspecified atom stereocenters. The number of benzene rings is 1. The van der Waals surface area contributed by atoms with Crippen molar-refractivity contribution in [2.75, 3.05) is 25.9 Å². The normalized spacial score (nSPS) is 24.3. The van der Waals surface area contributed by atoms with Crippen molar-refractivity contribution >= 4 is 38.5 Å². The quantitative estimate of drug-likeness (QED) is 0.858. The van der Waals surface area contributed by atoms with Crippen LogP contribution in [0.1, 0.15) is 29.6 Å². The highest BCUT2D eigenvalue weighted by Gasteiger charge is 2.38. The Hall–Kier alpha value is -2.15. The number of nitrogens with two attached hydrogens (primary N) is 1. The van der Waals surface area contributed by atoms with Gasteiger partial charge < -0.3 is 15.5 Å². The van der Waals surface area contributed by atoms with Crippen LogP contribution in [0, 0.1) is 5.92 Å². The van der Waals surface area contributed by atoms with E-state index in [0.717, 1.165) is 29.5 Å². The summed E-state index contributed by atoms with van der Waals surface area (Å²) in [5.41, 5.74) is 7.11. The zero-order valence-electron chi connectivity index (χ0n) is 13.6. The average molecular weight is 344 g/mol. The van der Waals surface area contributed by atoms with E-state index >= 15 is 0 Å². The van der Waals surface area contributed by atoms with Crippen LogP contribution in [0.2, 0.25) is 0 Å². The lowest BCUT2D eigenvalue weighted by molar-refractivity contribution is -0.134. The maximum atomic E-state index is 13.0. The number of carbonyl (C=O) groups is 2. The highest BCUT2D eigenvalue weighted by Crippen LogP contribution is 2.29. The highest BCUT2D eigenvalue weighted by molar-refractivity contribution is 7.22. The van der Waals surface area contributed by atoms with Gasteiger partial charge in [-0.3, -0.25) is 9.59 Å². The lowest BCUT2D eigenvalue weighted by atomic mass is 9.98. The Morgan fingerprint density at radius 1 is 1.33 bits per heavy atom. The maximum absolute atomic E-state index is 13.0. The molecule has 0 spiro atoms. The van der Waals surface area contributed by atoms with Crippen molar-refractivity contribution in [1.82, 2.24) is 14.8 Å². The Bertz CT molecular complexity index is 818. The third-order valence-electron chi connectivity index (χ3n) is 5.14. The van der Waals surface area contributed by atoms with Gasteiger partial charge in [0, 0.05) is 31.7 Å². The molecule has 2 bridgehead atoms. The molecule has 126 valence electrons. The van der Waals surface area contributed by atoms with Crippen LogP contribution in [0.15, 0.2) is 18.2 Å². The minimum absolute atomic E-state index is 0.0246. The van der Waals surface area contributed by atoms with Crippen molar-refractivity contribution in [3.8, 4) is 0 Å². The molecule has 0 radical (unpaired) electrons. The molecule has 2 amide bonds. The molecule has 2 N–H and O–H groups in total. The Kier molecular flexibility index (Phi) is 3.68. The molecular weight excluding hydrogens is 324 g/mol. The molecule has 0 aliphatic carbocycles. The van der Waals surface area contributed by atoms with E-state index in [2.05, 4.69) is 4.98 Å². The number of likely N-dealkylation sites (tertiary alicyclic amines) is 1. The van der Waals surface area contributed by atoms with E-state index in [0.29, 0.717) is 23.8 Å². The molecule has 2 aliphatic rings. The predicted molar refractivity (Wildman–Crippen MR) is 93.8 cm³/mol. The first kappa shape index (κ1) is 15.4. The van der Waals surface area contributed by atoms with Crippen molar-refractivity contribution in [3.05, 3.63) is 23.8 Å². The van der Waals surface area contributed by atoms with Gasteiger partial charge >= 0.3 is 0 Å². The molecule has 0 saturated carbocycles. The molecule has 2 fully saturated rings. The van der Waals surface area contributed by atoms with Crippen LogP contribution < -0.4 is 5.73 Å². The molecule has 3 heterocycles. The summed E-state index contributed by atoms with van der Waals surface area (Å²) in [5.74, 6) is 0.0732. The fourth-order valence-electron chi connectivity index (χ4n) is 3.79. The number of anilines is 1. The number of nitrogen functional groups attached to an aromatic ring is 1. The Morgan fingerprint density at radius 3 is 3.00 bits per heavy atom. The van der Waals surface area contributed by atoms with E-state index < -0.39 is 0 Å². The zero-order valence-corrected chi connectivity index (χ0v) is 14.4. The molecular formula is C17H20N4O2S. The number of aromatic nitrogens is 1. The van der Waals surface area contributed by atoms with Gasteiger partial charge in [-0.25, -0.2) is 4.98 Å². The Labute approximate surface area is 144 Å². The second kappa shape index (κ2) is 5.73. The molecule has 6 nitrogen and oxygen atoms in total. The van der Waals surface area contributed by atoms with Gasteiger partial charge in [0.25, 0.3) is 5.91 Å². The van der Waals surface area contributed by atoms with E-state index in [1.807, 2.05) is 29.0 Å². The van der Waals surface area contributed by atoms with Crippen LogP contribution in [0.4, 0.5) is 5.13 Å². The summed E-state index contributed by atoms with van der Waals surface area (Å²) < 4.78 is 0.978. The van der Waals surface area contributed by atoms with E-state index in [4.69, 9.17) is 5.73 Å². The first-order valence-electron chi connectivity index (χ1n) is 8.25. The summed E-state index contributed by atoms with van der Waals surface area (Å²) in [6, 6.07) is 5.64. The van der Waals surface area contributed by atoms with Gasteiger partial charge in [-0.05, 0) is 31.0 Å². The van der Waals surface area contributed by atoms with Gasteiger partial charge in [-0.1, -0.05) is 17.8 Å². The van der Waals surface area contributed by atoms with E-state index in [-0.39, 0.29) is 23.8 Å². The molecule has 24 heavy (non-hydrogen) atoms. The average Bonchev–Trinajstić information content (AvgIpc) is 2.81. The van der Waals surface area contributed by atoms with Crippen molar-refractivity contribution in [2.24, 2.45) is 5.92 Å². The fraction of sp³-hybridized carbons (Fsp3) is 0.471. The Morgan fingerprint density at radius 2 is 2.17 bits per heavy atom. The number of hydrogen-bond acceptors (Lipinski definition) is 5. The monoisotopic (exact) mass is 344 g/mol. The predicted octanol–water partition coefficient (Wildman–Crippen LogP) is 1.96. The third kappa shape index (κ3) is 2.53. The molecule has 7 heteroatoms. The van der Waals surface area contributed by atoms with Gasteiger partial charge in [-0.2, -0.15) is 0 Å². The lowest BCUT2D eigenvalue weighted by Gasteiger charge is -2.29. The van der Waals surface area contributed by atoms with Crippen LogP contribution >= 0.6 is 11.3 Å². The topological polar surface area (TPSA) is 79.5 Å². The van der Waals surface area contributed by atoms with Crippen LogP contribution in [-0.2, 0) is 4.79 Å². The number of fused-ring (bicyclic) bond motifs is 4. The third-order valence-corrected chi connectivity index (χ3v) is 6.01. The zero-order chi connectivity index (χ0) is 16.8. The number of carbonyl (C=O) groups excluding carboxylic acids is 2. The molecule has 2 saturated heterocycles. The van der Waals surface area contributed by atoms with Crippen LogP contribution in [0.25, 0.3) is 10.2 Å². The van der Waals surface area contributed by atoms with Gasteiger partial charge in [0.2, 0.25) is 5.91 Å². The summed E-state index contributed by atoms with van der Waals surface area (Å²) in [7, 11) is 1.86. The molecule has 4 rings (SSSR count). The van der Waals surface area contributed by atoms with Crippen LogP contribution in [-0.4, -0.2) is 52.8 Å². The number of likely N-dealkylation sites (N-methyl/N-ethyl adjacent to an activating group) is 1. The minimum Gasteiger partial charge on any atom is -0.375 e. The van der Waals surface area contributed by atoms with Gasteiger partial charge in [0.05, 0.1) is 16.1 Å². The van der Waals surface area contributed by atoms with E-state index in [9.17, 15) is 9.59 Å².